The Bertz CT molecular complexity index is 552. The molecule has 0 aliphatic heterocycles. The number of carbonyl (C=O) groups is 3. The van der Waals surface area contributed by atoms with Crippen molar-refractivity contribution in [1.82, 2.24) is 5.32 Å². The van der Waals surface area contributed by atoms with Gasteiger partial charge in [0.05, 0.1) is 20.0 Å². The lowest BCUT2D eigenvalue weighted by Gasteiger charge is -2.08. The zero-order valence-electron chi connectivity index (χ0n) is 11.8. The first-order valence-electron chi connectivity index (χ1n) is 6.39. The maximum Gasteiger partial charge on any atom is 0.330 e. The number of esters is 1. The molecule has 0 aromatic heterocycles. The van der Waals surface area contributed by atoms with E-state index in [0.29, 0.717) is 0 Å². The van der Waals surface area contributed by atoms with Gasteiger partial charge in [0, 0.05) is 12.6 Å². The highest BCUT2D eigenvalue weighted by molar-refractivity contribution is 5.83. The maximum absolute atomic E-state index is 11.8. The van der Waals surface area contributed by atoms with Crippen LogP contribution in [0.2, 0.25) is 0 Å². The van der Waals surface area contributed by atoms with E-state index in [-0.39, 0.29) is 25.3 Å². The van der Waals surface area contributed by atoms with Gasteiger partial charge in [0.2, 0.25) is 11.8 Å². The predicted octanol–water partition coefficient (Wildman–Crippen LogP) is 0.102. The lowest BCUT2D eigenvalue weighted by atomic mass is 10.0. The normalized spacial score (nSPS) is 10.3. The highest BCUT2D eigenvalue weighted by atomic mass is 16.5. The van der Waals surface area contributed by atoms with Gasteiger partial charge in [-0.3, -0.25) is 9.59 Å². The van der Waals surface area contributed by atoms with Gasteiger partial charge in [-0.05, 0) is 11.1 Å². The molecule has 0 spiro atoms. The van der Waals surface area contributed by atoms with E-state index in [9.17, 15) is 14.4 Å². The van der Waals surface area contributed by atoms with Gasteiger partial charge in [-0.15, -0.1) is 0 Å². The van der Waals surface area contributed by atoms with Crippen molar-refractivity contribution in [3.8, 4) is 0 Å². The third-order valence-corrected chi connectivity index (χ3v) is 2.71. The van der Waals surface area contributed by atoms with Gasteiger partial charge in [0.15, 0.2) is 0 Å². The molecule has 21 heavy (non-hydrogen) atoms. The minimum Gasteiger partial charge on any atom is -0.466 e. The van der Waals surface area contributed by atoms with Crippen molar-refractivity contribution in [2.45, 2.75) is 12.8 Å². The summed E-state index contributed by atoms with van der Waals surface area (Å²) in [4.78, 5) is 33.6. The van der Waals surface area contributed by atoms with E-state index in [1.807, 2.05) is 0 Å². The molecular weight excluding hydrogens is 272 g/mol. The van der Waals surface area contributed by atoms with Gasteiger partial charge in [0.25, 0.3) is 0 Å². The highest BCUT2D eigenvalue weighted by Gasteiger charge is 2.08. The second-order valence-corrected chi connectivity index (χ2v) is 4.32. The van der Waals surface area contributed by atoms with Gasteiger partial charge in [-0.25, -0.2) is 4.79 Å². The van der Waals surface area contributed by atoms with Gasteiger partial charge in [-0.2, -0.15) is 0 Å². The van der Waals surface area contributed by atoms with E-state index < -0.39 is 11.9 Å². The molecule has 0 fully saturated rings. The minimum absolute atomic E-state index is 0.103. The number of nitrogens with one attached hydrogen (secondary N) is 1. The number of amides is 2. The average molecular weight is 290 g/mol. The summed E-state index contributed by atoms with van der Waals surface area (Å²) >= 11 is 0. The third kappa shape index (κ3) is 6.38. The summed E-state index contributed by atoms with van der Waals surface area (Å²) in [5.41, 5.74) is 6.67. The number of carbonyl (C=O) groups excluding carboxylic acids is 3. The lowest BCUT2D eigenvalue weighted by molar-refractivity contribution is -0.135. The van der Waals surface area contributed by atoms with Gasteiger partial charge in [0.1, 0.15) is 0 Å². The highest BCUT2D eigenvalue weighted by Crippen LogP contribution is 2.10. The number of nitrogens with two attached hydrogens (primary N) is 1. The first kappa shape index (κ1) is 16.4. The van der Waals surface area contributed by atoms with Crippen LogP contribution in [0.15, 0.2) is 36.4 Å². The standard InChI is InChI=1S/C15H18N2O4/c1-21-15(20)7-4-8-17-14(19)10-12-6-3-2-5-11(12)9-13(16)18/h2-7H,8-10H2,1H3,(H2,16,18)(H,17,19)/b7-4+. The molecule has 2 amide bonds. The number of rotatable bonds is 7. The van der Waals surface area contributed by atoms with Crippen LogP contribution >= 0.6 is 0 Å². The lowest BCUT2D eigenvalue weighted by Crippen LogP contribution is -2.26. The third-order valence-electron chi connectivity index (χ3n) is 2.71. The number of methoxy groups -OCH3 is 1. The number of benzene rings is 1. The van der Waals surface area contributed by atoms with Crippen molar-refractivity contribution in [3.63, 3.8) is 0 Å². The van der Waals surface area contributed by atoms with Gasteiger partial charge >= 0.3 is 5.97 Å². The van der Waals surface area contributed by atoms with Crippen LogP contribution in [0.25, 0.3) is 0 Å². The van der Waals surface area contributed by atoms with Crippen LogP contribution in [0.4, 0.5) is 0 Å². The topological polar surface area (TPSA) is 98.5 Å². The molecule has 1 aromatic rings. The summed E-state index contributed by atoms with van der Waals surface area (Å²) < 4.78 is 4.42. The summed E-state index contributed by atoms with van der Waals surface area (Å²) in [6.07, 6.45) is 2.99. The quantitative estimate of drug-likeness (QED) is 0.549. The van der Waals surface area contributed by atoms with Crippen molar-refractivity contribution in [2.75, 3.05) is 13.7 Å². The summed E-state index contributed by atoms with van der Waals surface area (Å²) in [5.74, 6) is -1.12. The van der Waals surface area contributed by atoms with Gasteiger partial charge in [-0.1, -0.05) is 30.3 Å². The van der Waals surface area contributed by atoms with Crippen LogP contribution in [0.1, 0.15) is 11.1 Å². The Balaban J connectivity index is 2.53. The zero-order chi connectivity index (χ0) is 15.7. The minimum atomic E-state index is -0.476. The van der Waals surface area contributed by atoms with Crippen LogP contribution in [0, 0.1) is 0 Å². The molecule has 0 bridgehead atoms. The summed E-state index contributed by atoms with van der Waals surface area (Å²) in [5, 5.41) is 2.64. The van der Waals surface area contributed by atoms with Crippen molar-refractivity contribution in [1.29, 1.82) is 0 Å². The Morgan fingerprint density at radius 3 is 2.38 bits per heavy atom. The van der Waals surface area contributed by atoms with Crippen LogP contribution in [0.3, 0.4) is 0 Å². The second kappa shape index (κ2) is 8.52. The molecule has 0 unspecified atom stereocenters. The number of primary amides is 1. The van der Waals surface area contributed by atoms with Crippen LogP contribution in [-0.2, 0) is 32.0 Å². The Labute approximate surface area is 123 Å². The molecule has 3 N–H and O–H groups in total. The van der Waals surface area contributed by atoms with Crippen molar-refractivity contribution >= 4 is 17.8 Å². The van der Waals surface area contributed by atoms with Gasteiger partial charge < -0.3 is 15.8 Å². The van der Waals surface area contributed by atoms with Crippen molar-refractivity contribution in [2.24, 2.45) is 5.73 Å². The fourth-order valence-electron chi connectivity index (χ4n) is 1.72. The Morgan fingerprint density at radius 2 is 1.81 bits per heavy atom. The Kier molecular flexibility index (Phi) is 6.67. The summed E-state index contributed by atoms with van der Waals surface area (Å²) in [6.45, 7) is 0.228. The predicted molar refractivity (Wildman–Crippen MR) is 77.2 cm³/mol. The van der Waals surface area contributed by atoms with E-state index in [4.69, 9.17) is 5.73 Å². The zero-order valence-corrected chi connectivity index (χ0v) is 11.8. The van der Waals surface area contributed by atoms with E-state index in [1.165, 1.54) is 19.3 Å². The number of hydrogen-bond acceptors (Lipinski definition) is 4. The monoisotopic (exact) mass is 290 g/mol. The molecule has 6 heteroatoms. The summed E-state index contributed by atoms with van der Waals surface area (Å²) in [6, 6.07) is 7.13. The maximum atomic E-state index is 11.8. The fraction of sp³-hybridized carbons (Fsp3) is 0.267. The molecule has 6 nitrogen and oxygen atoms in total. The van der Waals surface area contributed by atoms with E-state index in [0.717, 1.165) is 11.1 Å². The molecule has 112 valence electrons. The number of ether oxygens (including phenoxy) is 1. The molecular formula is C15H18N2O4. The van der Waals surface area contributed by atoms with E-state index in [1.54, 1.807) is 24.3 Å². The smallest absolute Gasteiger partial charge is 0.330 e. The molecule has 0 aliphatic rings. The molecule has 1 rings (SSSR count). The Hall–Kier alpha value is -2.63. The van der Waals surface area contributed by atoms with Crippen LogP contribution < -0.4 is 11.1 Å². The van der Waals surface area contributed by atoms with E-state index >= 15 is 0 Å². The summed E-state index contributed by atoms with van der Waals surface area (Å²) in [7, 11) is 1.28. The molecule has 0 heterocycles. The fourth-order valence-corrected chi connectivity index (χ4v) is 1.72. The second-order valence-electron chi connectivity index (χ2n) is 4.32. The molecule has 0 radical (unpaired) electrons. The molecule has 0 saturated carbocycles. The number of hydrogen-bond donors (Lipinski definition) is 2. The SMILES string of the molecule is COC(=O)/C=C/CNC(=O)Cc1ccccc1CC(N)=O. The van der Waals surface area contributed by atoms with Crippen molar-refractivity contribution in [3.05, 3.63) is 47.5 Å². The Morgan fingerprint density at radius 1 is 1.19 bits per heavy atom. The largest absolute Gasteiger partial charge is 0.466 e. The molecule has 1 aromatic carbocycles. The first-order valence-corrected chi connectivity index (χ1v) is 6.39. The molecule has 0 aliphatic carbocycles. The van der Waals surface area contributed by atoms with Crippen LogP contribution in [-0.4, -0.2) is 31.4 Å². The van der Waals surface area contributed by atoms with Crippen molar-refractivity contribution < 1.29 is 19.1 Å². The van der Waals surface area contributed by atoms with Crippen LogP contribution in [0.5, 0.6) is 0 Å². The van der Waals surface area contributed by atoms with E-state index in [2.05, 4.69) is 10.1 Å². The average Bonchev–Trinajstić information content (AvgIpc) is 2.45. The molecule has 0 saturated heterocycles. The first-order chi connectivity index (χ1) is 10.0. The molecule has 0 atom stereocenters.